The lowest BCUT2D eigenvalue weighted by molar-refractivity contribution is -0.114. The third kappa shape index (κ3) is 4.42. The average molecular weight is 402 g/mol. The summed E-state index contributed by atoms with van der Waals surface area (Å²) < 4.78 is 14.2. The highest BCUT2D eigenvalue weighted by Gasteiger charge is 2.22. The summed E-state index contributed by atoms with van der Waals surface area (Å²) in [5, 5.41) is 13.9. The molecule has 0 atom stereocenters. The zero-order valence-corrected chi connectivity index (χ0v) is 15.4. The van der Waals surface area contributed by atoms with E-state index in [1.54, 1.807) is 54.6 Å². The van der Waals surface area contributed by atoms with Gasteiger partial charge in [-0.05, 0) is 29.3 Å². The van der Waals surface area contributed by atoms with Gasteiger partial charge in [0.25, 0.3) is 5.91 Å². The highest BCUT2D eigenvalue weighted by Crippen LogP contribution is 2.36. The molecule has 0 unspecified atom stereocenters. The van der Waals surface area contributed by atoms with Gasteiger partial charge in [-0.1, -0.05) is 54.1 Å². The zero-order chi connectivity index (χ0) is 19.4. The Morgan fingerprint density at radius 2 is 1.74 bits per heavy atom. The van der Waals surface area contributed by atoms with Gasteiger partial charge in [0.1, 0.15) is 5.56 Å². The molecule has 0 radical (unpaired) electrons. The number of thiophene rings is 1. The van der Waals surface area contributed by atoms with Crippen molar-refractivity contribution in [3.63, 3.8) is 0 Å². The van der Waals surface area contributed by atoms with E-state index in [-0.39, 0.29) is 11.3 Å². The normalized spacial score (nSPS) is 11.3. The zero-order valence-electron chi connectivity index (χ0n) is 13.8. The summed E-state index contributed by atoms with van der Waals surface area (Å²) in [5.74, 6) is -3.25. The molecule has 1 aromatic heterocycles. The van der Waals surface area contributed by atoms with Crippen LogP contribution >= 0.6 is 22.9 Å². The first-order valence-corrected chi connectivity index (χ1v) is 9.06. The Bertz CT molecular complexity index is 1010. The molecule has 4 nitrogen and oxygen atoms in total. The quantitative estimate of drug-likeness (QED) is 0.537. The molecular formula is C20H13ClFNO3S. The van der Waals surface area contributed by atoms with Gasteiger partial charge in [0.05, 0.1) is 10.6 Å². The predicted octanol–water partition coefficient (Wildman–Crippen LogP) is 5.72. The van der Waals surface area contributed by atoms with E-state index in [1.165, 1.54) is 5.38 Å². The fraction of sp³-hybridized carbons (Fsp3) is 0. The number of carboxylic acid groups (broad SMARTS) is 1. The van der Waals surface area contributed by atoms with Crippen LogP contribution in [-0.2, 0) is 4.79 Å². The van der Waals surface area contributed by atoms with Crippen LogP contribution in [0.4, 0.5) is 10.1 Å². The number of nitrogens with one attached hydrogen (secondary N) is 1. The second-order valence-electron chi connectivity index (χ2n) is 5.52. The molecule has 0 bridgehead atoms. The molecule has 0 spiro atoms. The van der Waals surface area contributed by atoms with E-state index in [4.69, 9.17) is 11.6 Å². The number of carbonyl (C=O) groups excluding carboxylic acids is 1. The van der Waals surface area contributed by atoms with Crippen LogP contribution in [0.2, 0.25) is 5.02 Å². The third-order valence-electron chi connectivity index (χ3n) is 3.67. The standard InChI is InChI=1S/C20H13ClFNO3S/c21-14-8-6-13(7-9-14)18-17(20(25)26)16(11-27-18)23-19(24)15(22)10-12-4-2-1-3-5-12/h1-11H,(H,23,24)(H,25,26)/b15-10-. The summed E-state index contributed by atoms with van der Waals surface area (Å²) in [7, 11) is 0. The number of anilines is 1. The molecule has 136 valence electrons. The number of benzene rings is 2. The van der Waals surface area contributed by atoms with E-state index in [0.29, 0.717) is 21.0 Å². The minimum atomic E-state index is -1.22. The van der Waals surface area contributed by atoms with Crippen LogP contribution in [0, 0.1) is 0 Å². The molecule has 3 aromatic rings. The Balaban J connectivity index is 1.89. The van der Waals surface area contributed by atoms with E-state index in [2.05, 4.69) is 5.32 Å². The number of hydrogen-bond acceptors (Lipinski definition) is 3. The highest BCUT2D eigenvalue weighted by molar-refractivity contribution is 7.14. The SMILES string of the molecule is O=C(Nc1csc(-c2ccc(Cl)cc2)c1C(=O)O)/C(F)=C/c1ccccc1. The van der Waals surface area contributed by atoms with Crippen molar-refractivity contribution in [2.45, 2.75) is 0 Å². The molecule has 3 rings (SSSR count). The third-order valence-corrected chi connectivity index (χ3v) is 4.95. The van der Waals surface area contributed by atoms with Gasteiger partial charge >= 0.3 is 5.97 Å². The maximum atomic E-state index is 14.2. The van der Waals surface area contributed by atoms with Crippen LogP contribution in [0.25, 0.3) is 16.5 Å². The van der Waals surface area contributed by atoms with Gasteiger partial charge in [0, 0.05) is 10.4 Å². The van der Waals surface area contributed by atoms with Gasteiger partial charge in [0.2, 0.25) is 0 Å². The maximum absolute atomic E-state index is 14.2. The van der Waals surface area contributed by atoms with Gasteiger partial charge in [-0.2, -0.15) is 0 Å². The van der Waals surface area contributed by atoms with Crippen molar-refractivity contribution in [2.24, 2.45) is 0 Å². The van der Waals surface area contributed by atoms with Crippen LogP contribution in [0.1, 0.15) is 15.9 Å². The number of rotatable bonds is 5. The van der Waals surface area contributed by atoms with E-state index in [9.17, 15) is 19.1 Å². The van der Waals surface area contributed by atoms with Crippen molar-refractivity contribution < 1.29 is 19.1 Å². The highest BCUT2D eigenvalue weighted by atomic mass is 35.5. The number of amides is 1. The van der Waals surface area contributed by atoms with E-state index in [1.807, 2.05) is 0 Å². The van der Waals surface area contributed by atoms with Crippen LogP contribution < -0.4 is 5.32 Å². The average Bonchev–Trinajstić information content (AvgIpc) is 3.07. The molecule has 0 saturated heterocycles. The summed E-state index contributed by atoms with van der Waals surface area (Å²) in [6.07, 6.45) is 1.09. The lowest BCUT2D eigenvalue weighted by Crippen LogP contribution is -2.14. The number of carboxylic acids is 1. The smallest absolute Gasteiger partial charge is 0.339 e. The Morgan fingerprint density at radius 1 is 1.07 bits per heavy atom. The molecule has 0 aliphatic rings. The Morgan fingerprint density at radius 3 is 2.37 bits per heavy atom. The molecule has 7 heteroatoms. The van der Waals surface area contributed by atoms with E-state index >= 15 is 0 Å². The molecule has 0 aliphatic carbocycles. The first-order valence-electron chi connectivity index (χ1n) is 7.80. The Labute approximate surface area is 163 Å². The molecule has 0 fully saturated rings. The molecular weight excluding hydrogens is 389 g/mol. The Kier molecular flexibility index (Phi) is 5.69. The van der Waals surface area contributed by atoms with Crippen molar-refractivity contribution in [3.8, 4) is 10.4 Å². The number of hydrogen-bond donors (Lipinski definition) is 2. The number of carbonyl (C=O) groups is 2. The Hall–Kier alpha value is -2.96. The molecule has 1 amide bonds. The first-order chi connectivity index (χ1) is 13.0. The van der Waals surface area contributed by atoms with Gasteiger partial charge in [-0.3, -0.25) is 4.79 Å². The minimum absolute atomic E-state index is 0.0408. The van der Waals surface area contributed by atoms with Crippen molar-refractivity contribution in [1.82, 2.24) is 0 Å². The van der Waals surface area contributed by atoms with Gasteiger partial charge in [-0.25, -0.2) is 9.18 Å². The van der Waals surface area contributed by atoms with Crippen LogP contribution in [0.15, 0.2) is 65.8 Å². The molecule has 1 heterocycles. The summed E-state index contributed by atoms with van der Waals surface area (Å²) in [6, 6.07) is 15.2. The van der Waals surface area contributed by atoms with Crippen molar-refractivity contribution in [3.05, 3.63) is 82.0 Å². The second-order valence-corrected chi connectivity index (χ2v) is 6.84. The largest absolute Gasteiger partial charge is 0.478 e. The molecule has 27 heavy (non-hydrogen) atoms. The fourth-order valence-electron chi connectivity index (χ4n) is 2.42. The van der Waals surface area contributed by atoms with Gasteiger partial charge in [-0.15, -0.1) is 11.3 Å². The molecule has 0 saturated carbocycles. The summed E-state index contributed by atoms with van der Waals surface area (Å²) in [4.78, 5) is 24.3. The summed E-state index contributed by atoms with van der Waals surface area (Å²) >= 11 is 7.00. The molecule has 2 N–H and O–H groups in total. The van der Waals surface area contributed by atoms with E-state index in [0.717, 1.165) is 17.4 Å². The van der Waals surface area contributed by atoms with Crippen molar-refractivity contribution >= 4 is 46.6 Å². The van der Waals surface area contributed by atoms with E-state index < -0.39 is 17.7 Å². The lowest BCUT2D eigenvalue weighted by atomic mass is 10.1. The van der Waals surface area contributed by atoms with Gasteiger partial charge in [0.15, 0.2) is 5.83 Å². The number of halogens is 2. The van der Waals surface area contributed by atoms with Crippen LogP contribution in [0.3, 0.4) is 0 Å². The van der Waals surface area contributed by atoms with Crippen LogP contribution in [0.5, 0.6) is 0 Å². The summed E-state index contributed by atoms with van der Waals surface area (Å²) in [6.45, 7) is 0. The topological polar surface area (TPSA) is 66.4 Å². The predicted molar refractivity (Wildman–Crippen MR) is 106 cm³/mol. The van der Waals surface area contributed by atoms with Crippen LogP contribution in [-0.4, -0.2) is 17.0 Å². The lowest BCUT2D eigenvalue weighted by Gasteiger charge is -2.05. The minimum Gasteiger partial charge on any atom is -0.478 e. The molecule has 2 aromatic carbocycles. The summed E-state index contributed by atoms with van der Waals surface area (Å²) in [5.41, 5.74) is 1.11. The second kappa shape index (κ2) is 8.16. The van der Waals surface area contributed by atoms with Crippen molar-refractivity contribution in [2.75, 3.05) is 5.32 Å². The number of aromatic carboxylic acids is 1. The first kappa shape index (κ1) is 18.8. The van der Waals surface area contributed by atoms with Gasteiger partial charge < -0.3 is 10.4 Å². The fourth-order valence-corrected chi connectivity index (χ4v) is 3.54. The van der Waals surface area contributed by atoms with Crippen molar-refractivity contribution in [1.29, 1.82) is 0 Å². The maximum Gasteiger partial charge on any atom is 0.339 e. The monoisotopic (exact) mass is 401 g/mol. The molecule has 0 aliphatic heterocycles.